The summed E-state index contributed by atoms with van der Waals surface area (Å²) in [5.41, 5.74) is 6.37. The van der Waals surface area contributed by atoms with Crippen LogP contribution in [0.2, 0.25) is 5.02 Å². The second kappa shape index (κ2) is 10.8. The van der Waals surface area contributed by atoms with Gasteiger partial charge >= 0.3 is 0 Å². The molecule has 0 saturated heterocycles. The Hall–Kier alpha value is -2.94. The number of hydrogen-bond acceptors (Lipinski definition) is 5. The summed E-state index contributed by atoms with van der Waals surface area (Å²) in [6.07, 6.45) is 1.60. The van der Waals surface area contributed by atoms with Crippen LogP contribution in [0.25, 0.3) is 17.1 Å². The van der Waals surface area contributed by atoms with Gasteiger partial charge in [-0.25, -0.2) is 5.43 Å². The number of carbonyl (C=O) groups excluding carboxylic acids is 1. The van der Waals surface area contributed by atoms with Gasteiger partial charge in [0, 0.05) is 26.3 Å². The van der Waals surface area contributed by atoms with Crippen molar-refractivity contribution in [1.82, 2.24) is 20.2 Å². The Kier molecular flexibility index (Phi) is 7.59. The number of nitrogens with zero attached hydrogens (tertiary/aromatic N) is 4. The number of hydrogen-bond donors (Lipinski definition) is 1. The van der Waals surface area contributed by atoms with E-state index in [4.69, 9.17) is 11.6 Å². The number of rotatable bonds is 7. The largest absolute Gasteiger partial charge is 0.272 e. The first-order chi connectivity index (χ1) is 16.0. The first kappa shape index (κ1) is 23.2. The molecule has 0 bridgehead atoms. The fourth-order valence-electron chi connectivity index (χ4n) is 2.99. The van der Waals surface area contributed by atoms with Crippen LogP contribution < -0.4 is 5.43 Å². The molecule has 0 aliphatic rings. The van der Waals surface area contributed by atoms with Crippen molar-refractivity contribution in [3.63, 3.8) is 0 Å². The summed E-state index contributed by atoms with van der Waals surface area (Å²) in [6, 6.07) is 23.1. The number of halogens is 2. The third-order valence-electron chi connectivity index (χ3n) is 4.66. The molecule has 0 spiro atoms. The van der Waals surface area contributed by atoms with Gasteiger partial charge in [0.1, 0.15) is 0 Å². The van der Waals surface area contributed by atoms with Crippen molar-refractivity contribution in [2.24, 2.45) is 5.10 Å². The Labute approximate surface area is 209 Å². The van der Waals surface area contributed by atoms with Crippen molar-refractivity contribution >= 4 is 51.4 Å². The van der Waals surface area contributed by atoms with Crippen LogP contribution in [0.3, 0.4) is 0 Å². The second-order valence-corrected chi connectivity index (χ2v) is 9.32. The van der Waals surface area contributed by atoms with Gasteiger partial charge < -0.3 is 0 Å². The van der Waals surface area contributed by atoms with Gasteiger partial charge in [-0.05, 0) is 37.3 Å². The number of aromatic nitrogens is 3. The molecule has 0 fully saturated rings. The predicted octanol–water partition coefficient (Wildman–Crippen LogP) is 5.90. The molecule has 0 unspecified atom stereocenters. The van der Waals surface area contributed by atoms with Crippen molar-refractivity contribution in [3.05, 3.63) is 93.4 Å². The Bertz CT molecular complexity index is 1290. The Morgan fingerprint density at radius 1 is 1.09 bits per heavy atom. The monoisotopic (exact) mass is 539 g/mol. The summed E-state index contributed by atoms with van der Waals surface area (Å²) >= 11 is 10.8. The maximum atomic E-state index is 12.4. The maximum Gasteiger partial charge on any atom is 0.250 e. The molecule has 33 heavy (non-hydrogen) atoms. The molecule has 0 aliphatic heterocycles. The standard InChI is InChI=1S/C24H19BrClN5OS/c1-16-6-8-17(9-7-16)23-29-30-24(31(23)20-12-10-19(26)11-13-20)33-15-22(32)28-27-14-18-4-2-3-5-21(18)25/h2-14H,15H2,1H3,(H,28,32)/b27-14+. The van der Waals surface area contributed by atoms with Crippen LogP contribution >= 0.6 is 39.3 Å². The van der Waals surface area contributed by atoms with E-state index in [1.807, 2.05) is 84.3 Å². The lowest BCUT2D eigenvalue weighted by atomic mass is 10.1. The van der Waals surface area contributed by atoms with E-state index in [-0.39, 0.29) is 11.7 Å². The third kappa shape index (κ3) is 5.90. The van der Waals surface area contributed by atoms with Crippen LogP contribution in [0.1, 0.15) is 11.1 Å². The fraction of sp³-hybridized carbons (Fsp3) is 0.0833. The van der Waals surface area contributed by atoms with Gasteiger partial charge in [-0.15, -0.1) is 10.2 Å². The maximum absolute atomic E-state index is 12.4. The molecule has 1 heterocycles. The van der Waals surface area contributed by atoms with Crippen molar-refractivity contribution in [2.75, 3.05) is 5.75 Å². The lowest BCUT2D eigenvalue weighted by Crippen LogP contribution is -2.20. The van der Waals surface area contributed by atoms with E-state index in [0.29, 0.717) is 16.0 Å². The highest BCUT2D eigenvalue weighted by molar-refractivity contribution is 9.10. The fourth-order valence-corrected chi connectivity index (χ4v) is 4.25. The summed E-state index contributed by atoms with van der Waals surface area (Å²) in [4.78, 5) is 12.4. The molecule has 0 aliphatic carbocycles. The van der Waals surface area contributed by atoms with E-state index in [2.05, 4.69) is 36.7 Å². The number of hydrazone groups is 1. The van der Waals surface area contributed by atoms with E-state index in [9.17, 15) is 4.79 Å². The zero-order chi connectivity index (χ0) is 23.2. The average molecular weight is 541 g/mol. The van der Waals surface area contributed by atoms with Gasteiger partial charge in [0.15, 0.2) is 11.0 Å². The number of aryl methyl sites for hydroxylation is 1. The van der Waals surface area contributed by atoms with Crippen LogP contribution in [0.4, 0.5) is 0 Å². The molecule has 166 valence electrons. The van der Waals surface area contributed by atoms with Crippen LogP contribution in [0, 0.1) is 6.92 Å². The molecule has 1 N–H and O–H groups in total. The highest BCUT2D eigenvalue weighted by Gasteiger charge is 2.17. The van der Waals surface area contributed by atoms with E-state index < -0.39 is 0 Å². The molecule has 9 heteroatoms. The summed E-state index contributed by atoms with van der Waals surface area (Å²) in [7, 11) is 0. The number of carbonyl (C=O) groups is 1. The number of amides is 1. The lowest BCUT2D eigenvalue weighted by Gasteiger charge is -2.10. The normalized spacial score (nSPS) is 11.1. The Morgan fingerprint density at radius 3 is 2.55 bits per heavy atom. The summed E-state index contributed by atoms with van der Waals surface area (Å²) < 4.78 is 2.82. The van der Waals surface area contributed by atoms with Crippen LogP contribution in [0.5, 0.6) is 0 Å². The minimum atomic E-state index is -0.245. The van der Waals surface area contributed by atoms with Crippen LogP contribution in [-0.4, -0.2) is 32.6 Å². The van der Waals surface area contributed by atoms with Crippen molar-refractivity contribution in [2.45, 2.75) is 12.1 Å². The Balaban J connectivity index is 1.52. The first-order valence-electron chi connectivity index (χ1n) is 9.99. The van der Waals surface area contributed by atoms with E-state index in [1.54, 1.807) is 6.21 Å². The molecule has 1 amide bonds. The first-order valence-corrected chi connectivity index (χ1v) is 12.1. The SMILES string of the molecule is Cc1ccc(-c2nnc(SCC(=O)N/N=C/c3ccccc3Br)n2-c2ccc(Cl)cc2)cc1. The van der Waals surface area contributed by atoms with Gasteiger partial charge in [0.25, 0.3) is 5.91 Å². The average Bonchev–Trinajstić information content (AvgIpc) is 3.24. The summed E-state index contributed by atoms with van der Waals surface area (Å²) in [5, 5.41) is 14.0. The number of benzene rings is 3. The topological polar surface area (TPSA) is 72.2 Å². The number of nitrogens with one attached hydrogen (secondary N) is 1. The van der Waals surface area contributed by atoms with Crippen LogP contribution in [-0.2, 0) is 4.79 Å². The number of thioether (sulfide) groups is 1. The molecule has 6 nitrogen and oxygen atoms in total. The lowest BCUT2D eigenvalue weighted by molar-refractivity contribution is -0.118. The third-order valence-corrected chi connectivity index (χ3v) is 6.56. The molecule has 4 aromatic rings. The molecule has 0 saturated carbocycles. The molecule has 3 aromatic carbocycles. The second-order valence-electron chi connectivity index (χ2n) is 7.09. The van der Waals surface area contributed by atoms with E-state index >= 15 is 0 Å². The van der Waals surface area contributed by atoms with E-state index in [1.165, 1.54) is 11.8 Å². The smallest absolute Gasteiger partial charge is 0.250 e. The van der Waals surface area contributed by atoms with Gasteiger partial charge in [-0.2, -0.15) is 5.10 Å². The highest BCUT2D eigenvalue weighted by Crippen LogP contribution is 2.28. The molecule has 4 rings (SSSR count). The van der Waals surface area contributed by atoms with Gasteiger partial charge in [0.2, 0.25) is 0 Å². The molecule has 0 radical (unpaired) electrons. The summed E-state index contributed by atoms with van der Waals surface area (Å²) in [5.74, 6) is 0.574. The van der Waals surface area contributed by atoms with Gasteiger partial charge in [-0.1, -0.05) is 87.3 Å². The van der Waals surface area contributed by atoms with Crippen molar-refractivity contribution < 1.29 is 4.79 Å². The molecular weight excluding hydrogens is 522 g/mol. The summed E-state index contributed by atoms with van der Waals surface area (Å²) in [6.45, 7) is 2.03. The molecular formula is C24H19BrClN5OS. The molecule has 1 aromatic heterocycles. The molecule has 0 atom stereocenters. The predicted molar refractivity (Wildman–Crippen MR) is 137 cm³/mol. The quantitative estimate of drug-likeness (QED) is 0.180. The van der Waals surface area contributed by atoms with Crippen molar-refractivity contribution in [1.29, 1.82) is 0 Å². The minimum Gasteiger partial charge on any atom is -0.272 e. The van der Waals surface area contributed by atoms with Gasteiger partial charge in [-0.3, -0.25) is 9.36 Å². The Morgan fingerprint density at radius 2 is 1.82 bits per heavy atom. The van der Waals surface area contributed by atoms with E-state index in [0.717, 1.165) is 26.9 Å². The van der Waals surface area contributed by atoms with Gasteiger partial charge in [0.05, 0.1) is 12.0 Å². The van der Waals surface area contributed by atoms with Crippen molar-refractivity contribution in [3.8, 4) is 17.1 Å². The minimum absolute atomic E-state index is 0.132. The highest BCUT2D eigenvalue weighted by atomic mass is 79.9. The van der Waals surface area contributed by atoms with Crippen LogP contribution in [0.15, 0.2) is 87.5 Å². The zero-order valence-corrected chi connectivity index (χ0v) is 20.7. The zero-order valence-electron chi connectivity index (χ0n) is 17.6.